The van der Waals surface area contributed by atoms with Gasteiger partial charge in [-0.05, 0) is 39.0 Å². The van der Waals surface area contributed by atoms with Crippen LogP contribution in [0.5, 0.6) is 0 Å². The topological polar surface area (TPSA) is 33.0 Å². The molecule has 0 aromatic carbocycles. The smallest absolute Gasteiger partial charge is 0.0690 e. The van der Waals surface area contributed by atoms with Gasteiger partial charge in [-0.15, -0.1) is 0 Å². The average molecular weight is 207 g/mol. The van der Waals surface area contributed by atoms with Gasteiger partial charge in [-0.1, -0.05) is 19.3 Å². The number of hydrogen-bond acceptors (Lipinski definition) is 2. The standard InChI is InChI=1S/C13H21NO/c1-11-5-6-12(15-11)9-13(10-14)7-3-2-4-8-13/h11-12H,2-9H2,1H3. The average Bonchev–Trinajstić information content (AvgIpc) is 2.65. The van der Waals surface area contributed by atoms with Crippen molar-refractivity contribution in [2.75, 3.05) is 0 Å². The molecule has 1 aliphatic carbocycles. The monoisotopic (exact) mass is 207 g/mol. The highest BCUT2D eigenvalue weighted by atomic mass is 16.5. The summed E-state index contributed by atoms with van der Waals surface area (Å²) in [4.78, 5) is 0. The lowest BCUT2D eigenvalue weighted by molar-refractivity contribution is 0.0251. The second-order valence-electron chi connectivity index (χ2n) is 5.30. The fourth-order valence-electron chi connectivity index (χ4n) is 3.06. The molecule has 0 N–H and O–H groups in total. The van der Waals surface area contributed by atoms with Crippen LogP contribution in [0.4, 0.5) is 0 Å². The number of hydrogen-bond donors (Lipinski definition) is 0. The van der Waals surface area contributed by atoms with E-state index in [1.807, 2.05) is 0 Å². The van der Waals surface area contributed by atoms with E-state index in [9.17, 15) is 5.26 Å². The second kappa shape index (κ2) is 4.53. The van der Waals surface area contributed by atoms with E-state index in [-0.39, 0.29) is 5.41 Å². The highest BCUT2D eigenvalue weighted by Crippen LogP contribution is 2.42. The summed E-state index contributed by atoms with van der Waals surface area (Å²) >= 11 is 0. The van der Waals surface area contributed by atoms with Crippen molar-refractivity contribution in [3.63, 3.8) is 0 Å². The highest BCUT2D eigenvalue weighted by Gasteiger charge is 2.36. The second-order valence-corrected chi connectivity index (χ2v) is 5.30. The Bertz CT molecular complexity index is 250. The zero-order valence-corrected chi connectivity index (χ0v) is 9.67. The maximum absolute atomic E-state index is 9.36. The molecule has 0 aromatic rings. The van der Waals surface area contributed by atoms with Gasteiger partial charge in [-0.25, -0.2) is 0 Å². The van der Waals surface area contributed by atoms with Gasteiger partial charge in [0, 0.05) is 0 Å². The van der Waals surface area contributed by atoms with Crippen molar-refractivity contribution < 1.29 is 4.74 Å². The van der Waals surface area contributed by atoms with Gasteiger partial charge < -0.3 is 4.74 Å². The van der Waals surface area contributed by atoms with Crippen molar-refractivity contribution in [1.82, 2.24) is 0 Å². The minimum absolute atomic E-state index is 0.0486. The van der Waals surface area contributed by atoms with Crippen molar-refractivity contribution >= 4 is 0 Å². The fraction of sp³-hybridized carbons (Fsp3) is 0.923. The minimum Gasteiger partial charge on any atom is -0.375 e. The number of nitriles is 1. The molecule has 0 bridgehead atoms. The first kappa shape index (κ1) is 11.0. The molecule has 84 valence electrons. The quantitative estimate of drug-likeness (QED) is 0.695. The Morgan fingerprint density at radius 2 is 2.00 bits per heavy atom. The first-order valence-electron chi connectivity index (χ1n) is 6.31. The molecule has 2 unspecified atom stereocenters. The van der Waals surface area contributed by atoms with E-state index in [0.717, 1.165) is 25.7 Å². The zero-order valence-electron chi connectivity index (χ0n) is 9.67. The lowest BCUT2D eigenvalue weighted by Gasteiger charge is -2.32. The van der Waals surface area contributed by atoms with Crippen molar-refractivity contribution in [3.8, 4) is 6.07 Å². The van der Waals surface area contributed by atoms with Crippen LogP contribution in [-0.4, -0.2) is 12.2 Å². The minimum atomic E-state index is -0.0486. The molecule has 2 fully saturated rings. The largest absolute Gasteiger partial charge is 0.375 e. The predicted octanol–water partition coefficient (Wildman–Crippen LogP) is 3.42. The van der Waals surface area contributed by atoms with E-state index in [1.54, 1.807) is 0 Å². The Labute approximate surface area is 92.6 Å². The van der Waals surface area contributed by atoms with E-state index in [1.165, 1.54) is 25.7 Å². The molecule has 0 aromatic heterocycles. The van der Waals surface area contributed by atoms with E-state index in [4.69, 9.17) is 4.74 Å². The van der Waals surface area contributed by atoms with Crippen LogP contribution in [0.1, 0.15) is 58.3 Å². The Morgan fingerprint density at radius 3 is 2.53 bits per heavy atom. The van der Waals surface area contributed by atoms with Crippen molar-refractivity contribution in [1.29, 1.82) is 5.26 Å². The summed E-state index contributed by atoms with van der Waals surface area (Å²) in [5, 5.41) is 9.36. The van der Waals surface area contributed by atoms with Crippen molar-refractivity contribution in [2.24, 2.45) is 5.41 Å². The summed E-state index contributed by atoms with van der Waals surface area (Å²) in [5.41, 5.74) is -0.0486. The molecule has 2 aliphatic rings. The molecule has 0 radical (unpaired) electrons. The van der Waals surface area contributed by atoms with Crippen LogP contribution >= 0.6 is 0 Å². The predicted molar refractivity (Wildman–Crippen MR) is 59.3 cm³/mol. The van der Waals surface area contributed by atoms with Crippen molar-refractivity contribution in [3.05, 3.63) is 0 Å². The maximum atomic E-state index is 9.36. The van der Waals surface area contributed by atoms with Gasteiger partial charge in [0.25, 0.3) is 0 Å². The molecule has 2 heteroatoms. The van der Waals surface area contributed by atoms with Crippen LogP contribution in [0, 0.1) is 16.7 Å². The molecule has 0 spiro atoms. The third-order valence-corrected chi connectivity index (χ3v) is 3.99. The van der Waals surface area contributed by atoms with Gasteiger partial charge in [0.15, 0.2) is 0 Å². The highest BCUT2D eigenvalue weighted by molar-refractivity contribution is 5.02. The third kappa shape index (κ3) is 2.52. The normalized spacial score (nSPS) is 34.9. The van der Waals surface area contributed by atoms with Crippen molar-refractivity contribution in [2.45, 2.75) is 70.5 Å². The van der Waals surface area contributed by atoms with E-state index in [2.05, 4.69) is 13.0 Å². The molecule has 1 aliphatic heterocycles. The maximum Gasteiger partial charge on any atom is 0.0690 e. The van der Waals surface area contributed by atoms with Crippen LogP contribution in [0.25, 0.3) is 0 Å². The summed E-state index contributed by atoms with van der Waals surface area (Å²) in [6.45, 7) is 2.14. The Hall–Kier alpha value is -0.550. The number of ether oxygens (including phenoxy) is 1. The van der Waals surface area contributed by atoms with Gasteiger partial charge >= 0.3 is 0 Å². The van der Waals surface area contributed by atoms with Crippen LogP contribution in [0.3, 0.4) is 0 Å². The molecule has 2 rings (SSSR count). The lowest BCUT2D eigenvalue weighted by atomic mass is 9.71. The summed E-state index contributed by atoms with van der Waals surface area (Å²) in [5.74, 6) is 0. The Balaban J connectivity index is 1.93. The number of nitrogens with zero attached hydrogens (tertiary/aromatic N) is 1. The summed E-state index contributed by atoms with van der Waals surface area (Å²) in [7, 11) is 0. The summed E-state index contributed by atoms with van der Waals surface area (Å²) < 4.78 is 5.84. The van der Waals surface area contributed by atoms with E-state index < -0.39 is 0 Å². The van der Waals surface area contributed by atoms with Gasteiger partial charge in [-0.3, -0.25) is 0 Å². The summed E-state index contributed by atoms with van der Waals surface area (Å²) in [6, 6.07) is 2.58. The Morgan fingerprint density at radius 1 is 1.27 bits per heavy atom. The SMILES string of the molecule is CC1CCC(CC2(C#N)CCCCC2)O1. The van der Waals surface area contributed by atoms with Crippen LogP contribution in [0.15, 0.2) is 0 Å². The van der Waals surface area contributed by atoms with Crippen LogP contribution in [-0.2, 0) is 4.74 Å². The van der Waals surface area contributed by atoms with Gasteiger partial charge in [-0.2, -0.15) is 5.26 Å². The molecule has 0 amide bonds. The molecule has 1 saturated heterocycles. The molecular formula is C13H21NO. The van der Waals surface area contributed by atoms with Gasteiger partial charge in [0.05, 0.1) is 23.7 Å². The Kier molecular flexibility index (Phi) is 3.31. The van der Waals surface area contributed by atoms with Crippen LogP contribution < -0.4 is 0 Å². The first-order valence-corrected chi connectivity index (χ1v) is 6.31. The number of rotatable bonds is 2. The third-order valence-electron chi connectivity index (χ3n) is 3.99. The van der Waals surface area contributed by atoms with Crippen LogP contribution in [0.2, 0.25) is 0 Å². The van der Waals surface area contributed by atoms with E-state index >= 15 is 0 Å². The molecular weight excluding hydrogens is 186 g/mol. The molecule has 15 heavy (non-hydrogen) atoms. The molecule has 2 atom stereocenters. The lowest BCUT2D eigenvalue weighted by Crippen LogP contribution is -2.27. The first-order chi connectivity index (χ1) is 7.24. The molecule has 1 heterocycles. The molecule has 1 saturated carbocycles. The van der Waals surface area contributed by atoms with Gasteiger partial charge in [0.1, 0.15) is 0 Å². The van der Waals surface area contributed by atoms with Gasteiger partial charge in [0.2, 0.25) is 0 Å². The fourth-order valence-corrected chi connectivity index (χ4v) is 3.06. The molecule has 2 nitrogen and oxygen atoms in total. The summed E-state index contributed by atoms with van der Waals surface area (Å²) in [6.07, 6.45) is 10.0. The van der Waals surface area contributed by atoms with E-state index in [0.29, 0.717) is 12.2 Å². The zero-order chi connectivity index (χ0) is 10.7.